The summed E-state index contributed by atoms with van der Waals surface area (Å²) in [5.74, 6) is 0.102. The average molecular weight is 222 g/mol. The zero-order valence-electron chi connectivity index (χ0n) is 10.1. The molecule has 1 amide bonds. The van der Waals surface area contributed by atoms with Gasteiger partial charge in [-0.05, 0) is 26.8 Å². The third-order valence-corrected chi connectivity index (χ3v) is 2.59. The average Bonchev–Trinajstić information content (AvgIpc) is 2.68. The molecule has 1 heterocycles. The summed E-state index contributed by atoms with van der Waals surface area (Å²) in [6.45, 7) is 7.17. The van der Waals surface area contributed by atoms with Gasteiger partial charge in [-0.2, -0.15) is 0 Å². The molecule has 0 aliphatic rings. The molecule has 0 saturated carbocycles. The fraction of sp³-hybridized carbons (Fsp3) is 0.500. The van der Waals surface area contributed by atoms with E-state index in [0.29, 0.717) is 12.1 Å². The minimum Gasteiger partial charge on any atom is -0.344 e. The molecule has 0 aliphatic heterocycles. The van der Waals surface area contributed by atoms with Crippen molar-refractivity contribution in [1.29, 1.82) is 0 Å². The third kappa shape index (κ3) is 2.95. The molecule has 1 aromatic rings. The molecule has 0 spiro atoms. The van der Waals surface area contributed by atoms with Gasteiger partial charge in [-0.15, -0.1) is 0 Å². The van der Waals surface area contributed by atoms with Crippen molar-refractivity contribution in [3.8, 4) is 0 Å². The summed E-state index contributed by atoms with van der Waals surface area (Å²) in [6.07, 6.45) is 3.47. The summed E-state index contributed by atoms with van der Waals surface area (Å²) < 4.78 is 1.75. The van der Waals surface area contributed by atoms with E-state index in [-0.39, 0.29) is 11.7 Å². The van der Waals surface area contributed by atoms with Gasteiger partial charge in [0.2, 0.25) is 5.91 Å². The Morgan fingerprint density at radius 3 is 2.38 bits per heavy atom. The Morgan fingerprint density at radius 1 is 1.31 bits per heavy atom. The topological polar surface area (TPSA) is 42.3 Å². The molecule has 4 nitrogen and oxygen atoms in total. The van der Waals surface area contributed by atoms with Crippen molar-refractivity contribution in [3.63, 3.8) is 0 Å². The van der Waals surface area contributed by atoms with Gasteiger partial charge < -0.3 is 9.47 Å². The number of nitrogens with zero attached hydrogens (tertiary/aromatic N) is 2. The number of Topliss-reactive ketones (excluding diaryl/α,β-unsaturated/α-hetero) is 1. The van der Waals surface area contributed by atoms with Gasteiger partial charge in [0.25, 0.3) is 0 Å². The van der Waals surface area contributed by atoms with E-state index < -0.39 is 0 Å². The number of carbonyl (C=O) groups is 2. The van der Waals surface area contributed by atoms with Crippen molar-refractivity contribution in [2.24, 2.45) is 0 Å². The molecular weight excluding hydrogens is 204 g/mol. The molecule has 1 aromatic heterocycles. The Hall–Kier alpha value is -1.58. The highest BCUT2D eigenvalue weighted by molar-refractivity contribution is 5.93. The largest absolute Gasteiger partial charge is 0.344 e. The highest BCUT2D eigenvalue weighted by Crippen LogP contribution is 2.03. The first-order chi connectivity index (χ1) is 7.58. The third-order valence-electron chi connectivity index (χ3n) is 2.59. The number of ketones is 1. The Bertz CT molecular complexity index is 378. The normalized spacial score (nSPS) is 10.2. The van der Waals surface area contributed by atoms with Crippen LogP contribution in [0.1, 0.15) is 31.1 Å². The minimum absolute atomic E-state index is 0.0223. The van der Waals surface area contributed by atoms with Crippen LogP contribution in [0.25, 0.3) is 0 Å². The van der Waals surface area contributed by atoms with E-state index >= 15 is 0 Å². The standard InChI is InChI=1S/C12H18N2O2/c1-4-14(5-2)12(16)9-13-7-6-11(8-13)10(3)15/h6-8H,4-5,9H2,1-3H3. The Labute approximate surface area is 95.9 Å². The Morgan fingerprint density at radius 2 is 1.94 bits per heavy atom. The fourth-order valence-electron chi connectivity index (χ4n) is 1.58. The van der Waals surface area contributed by atoms with Gasteiger partial charge in [0, 0.05) is 31.0 Å². The molecule has 0 saturated heterocycles. The SMILES string of the molecule is CCN(CC)C(=O)Cn1ccc(C(C)=O)c1. The number of hydrogen-bond acceptors (Lipinski definition) is 2. The predicted octanol–water partition coefficient (Wildman–Crippen LogP) is 1.56. The molecule has 4 heteroatoms. The van der Waals surface area contributed by atoms with E-state index in [1.165, 1.54) is 6.92 Å². The minimum atomic E-state index is 0.0223. The Balaban J connectivity index is 2.65. The zero-order chi connectivity index (χ0) is 12.1. The maximum atomic E-state index is 11.8. The summed E-state index contributed by atoms with van der Waals surface area (Å²) in [7, 11) is 0. The van der Waals surface area contributed by atoms with Crippen molar-refractivity contribution in [2.75, 3.05) is 13.1 Å². The van der Waals surface area contributed by atoms with Crippen LogP contribution in [0.5, 0.6) is 0 Å². The van der Waals surface area contributed by atoms with Crippen molar-refractivity contribution in [2.45, 2.75) is 27.3 Å². The molecule has 0 radical (unpaired) electrons. The lowest BCUT2D eigenvalue weighted by Gasteiger charge is -2.18. The van der Waals surface area contributed by atoms with Gasteiger partial charge in [-0.1, -0.05) is 0 Å². The number of rotatable bonds is 5. The van der Waals surface area contributed by atoms with E-state index in [4.69, 9.17) is 0 Å². The summed E-state index contributed by atoms with van der Waals surface area (Å²) in [5, 5.41) is 0. The number of hydrogen-bond donors (Lipinski definition) is 0. The summed E-state index contributed by atoms with van der Waals surface area (Å²) in [6, 6.07) is 1.73. The van der Waals surface area contributed by atoms with Crippen LogP contribution in [0.4, 0.5) is 0 Å². The van der Waals surface area contributed by atoms with Crippen molar-refractivity contribution >= 4 is 11.7 Å². The highest BCUT2D eigenvalue weighted by Gasteiger charge is 2.10. The maximum absolute atomic E-state index is 11.8. The fourth-order valence-corrected chi connectivity index (χ4v) is 1.58. The molecule has 0 aromatic carbocycles. The van der Waals surface area contributed by atoms with Crippen LogP contribution in [0.15, 0.2) is 18.5 Å². The first-order valence-electron chi connectivity index (χ1n) is 5.53. The lowest BCUT2D eigenvalue weighted by Crippen LogP contribution is -2.33. The summed E-state index contributed by atoms with van der Waals surface area (Å²) in [5.41, 5.74) is 0.646. The van der Waals surface area contributed by atoms with Gasteiger partial charge in [0.1, 0.15) is 6.54 Å². The molecule has 16 heavy (non-hydrogen) atoms. The molecule has 0 bridgehead atoms. The van der Waals surface area contributed by atoms with Gasteiger partial charge in [0.05, 0.1) is 0 Å². The molecule has 0 unspecified atom stereocenters. The van der Waals surface area contributed by atoms with Crippen LogP contribution < -0.4 is 0 Å². The van der Waals surface area contributed by atoms with Gasteiger partial charge >= 0.3 is 0 Å². The second kappa shape index (κ2) is 5.49. The Kier molecular flexibility index (Phi) is 4.28. The van der Waals surface area contributed by atoms with Crippen LogP contribution >= 0.6 is 0 Å². The van der Waals surface area contributed by atoms with E-state index in [9.17, 15) is 9.59 Å². The summed E-state index contributed by atoms with van der Waals surface area (Å²) in [4.78, 5) is 24.6. The van der Waals surface area contributed by atoms with Crippen LogP contribution in [0, 0.1) is 0 Å². The van der Waals surface area contributed by atoms with Gasteiger partial charge in [0.15, 0.2) is 5.78 Å². The molecule has 0 N–H and O–H groups in total. The molecule has 88 valence electrons. The zero-order valence-corrected chi connectivity index (χ0v) is 10.1. The van der Waals surface area contributed by atoms with Crippen molar-refractivity contribution in [1.82, 2.24) is 9.47 Å². The number of amides is 1. The number of carbonyl (C=O) groups excluding carboxylic acids is 2. The van der Waals surface area contributed by atoms with E-state index in [0.717, 1.165) is 13.1 Å². The van der Waals surface area contributed by atoms with Gasteiger partial charge in [-0.25, -0.2) is 0 Å². The highest BCUT2D eigenvalue weighted by atomic mass is 16.2. The predicted molar refractivity (Wildman–Crippen MR) is 62.4 cm³/mol. The van der Waals surface area contributed by atoms with E-state index in [1.54, 1.807) is 27.9 Å². The summed E-state index contributed by atoms with van der Waals surface area (Å²) >= 11 is 0. The quantitative estimate of drug-likeness (QED) is 0.709. The first kappa shape index (κ1) is 12.5. The molecular formula is C12H18N2O2. The lowest BCUT2D eigenvalue weighted by atomic mass is 10.2. The monoisotopic (exact) mass is 222 g/mol. The number of likely N-dealkylation sites (N-methyl/N-ethyl adjacent to an activating group) is 1. The van der Waals surface area contributed by atoms with E-state index in [2.05, 4.69) is 0 Å². The van der Waals surface area contributed by atoms with Crippen LogP contribution in [-0.4, -0.2) is 34.2 Å². The second-order valence-corrected chi connectivity index (χ2v) is 3.69. The molecule has 0 aliphatic carbocycles. The number of aromatic nitrogens is 1. The smallest absolute Gasteiger partial charge is 0.242 e. The van der Waals surface area contributed by atoms with Crippen molar-refractivity contribution < 1.29 is 9.59 Å². The van der Waals surface area contributed by atoms with Crippen LogP contribution in [-0.2, 0) is 11.3 Å². The van der Waals surface area contributed by atoms with Crippen molar-refractivity contribution in [3.05, 3.63) is 24.0 Å². The molecule has 0 fully saturated rings. The van der Waals surface area contributed by atoms with E-state index in [1.807, 2.05) is 13.8 Å². The van der Waals surface area contributed by atoms with Crippen LogP contribution in [0.2, 0.25) is 0 Å². The first-order valence-corrected chi connectivity index (χ1v) is 5.53. The van der Waals surface area contributed by atoms with Gasteiger partial charge in [-0.3, -0.25) is 9.59 Å². The molecule has 1 rings (SSSR count). The van der Waals surface area contributed by atoms with Crippen LogP contribution in [0.3, 0.4) is 0 Å². The maximum Gasteiger partial charge on any atom is 0.242 e. The lowest BCUT2D eigenvalue weighted by molar-refractivity contribution is -0.131. The molecule has 0 atom stereocenters. The second-order valence-electron chi connectivity index (χ2n) is 3.69.